The third-order valence-corrected chi connectivity index (χ3v) is 7.17. The summed E-state index contributed by atoms with van der Waals surface area (Å²) < 4.78 is 30.5. The number of carbonyl (C=O) groups excluding carboxylic acids is 1. The summed E-state index contributed by atoms with van der Waals surface area (Å²) in [6.07, 6.45) is 1.10. The number of rotatable bonds is 7. The Labute approximate surface area is 195 Å². The summed E-state index contributed by atoms with van der Waals surface area (Å²) in [6, 6.07) is 12.6. The second kappa shape index (κ2) is 10.0. The molecule has 32 heavy (non-hydrogen) atoms. The maximum Gasteiger partial charge on any atom is 0.263 e. The van der Waals surface area contributed by atoms with Crippen molar-refractivity contribution in [2.24, 2.45) is 0 Å². The Morgan fingerprint density at radius 3 is 2.31 bits per heavy atom. The van der Waals surface area contributed by atoms with Crippen molar-refractivity contribution in [1.29, 1.82) is 0 Å². The Hall–Kier alpha value is -2.45. The van der Waals surface area contributed by atoms with Gasteiger partial charge in [0.05, 0.1) is 11.9 Å². The molecule has 2 aromatic rings. The normalized spacial score (nSPS) is 15.4. The fourth-order valence-electron chi connectivity index (χ4n) is 3.69. The Morgan fingerprint density at radius 2 is 1.75 bits per heavy atom. The lowest BCUT2D eigenvalue weighted by Crippen LogP contribution is -2.52. The maximum atomic E-state index is 13.1. The van der Waals surface area contributed by atoms with E-state index in [-0.39, 0.29) is 5.91 Å². The van der Waals surface area contributed by atoms with Crippen molar-refractivity contribution in [3.05, 3.63) is 53.1 Å². The summed E-state index contributed by atoms with van der Waals surface area (Å²) in [7, 11) is -1.84. The third kappa shape index (κ3) is 5.66. The molecule has 1 saturated heterocycles. The Morgan fingerprint density at radius 1 is 1.12 bits per heavy atom. The first-order chi connectivity index (χ1) is 15.1. The lowest BCUT2D eigenvalue weighted by molar-refractivity contribution is -0.139. The molecule has 0 bridgehead atoms. The molecular weight excluding hydrogens is 450 g/mol. The summed E-state index contributed by atoms with van der Waals surface area (Å²) in [6.45, 7) is 6.67. The number of hydrogen-bond donors (Lipinski definition) is 0. The summed E-state index contributed by atoms with van der Waals surface area (Å²) in [5.41, 5.74) is 2.80. The first-order valence-electron chi connectivity index (χ1n) is 10.6. The molecule has 2 aromatic carbocycles. The highest BCUT2D eigenvalue weighted by Gasteiger charge is 2.28. The van der Waals surface area contributed by atoms with Crippen molar-refractivity contribution in [2.75, 3.05) is 48.7 Å². The van der Waals surface area contributed by atoms with Gasteiger partial charge in [-0.3, -0.25) is 9.10 Å². The van der Waals surface area contributed by atoms with Crippen LogP contribution in [0.3, 0.4) is 0 Å². The van der Waals surface area contributed by atoms with Gasteiger partial charge in [-0.05, 0) is 55.3 Å². The molecule has 0 saturated carbocycles. The zero-order chi connectivity index (χ0) is 23.5. The van der Waals surface area contributed by atoms with Crippen molar-refractivity contribution in [1.82, 2.24) is 4.90 Å². The zero-order valence-electron chi connectivity index (χ0n) is 18.9. The van der Waals surface area contributed by atoms with E-state index in [4.69, 9.17) is 16.3 Å². The lowest BCUT2D eigenvalue weighted by atomic mass is 10.1. The number of halogens is 1. The van der Waals surface area contributed by atoms with E-state index < -0.39 is 16.1 Å². The number of ether oxygens (including phenoxy) is 1. The molecule has 1 fully saturated rings. The van der Waals surface area contributed by atoms with E-state index in [0.717, 1.165) is 30.6 Å². The van der Waals surface area contributed by atoms with Gasteiger partial charge in [-0.1, -0.05) is 24.6 Å². The van der Waals surface area contributed by atoms with E-state index in [1.165, 1.54) is 11.4 Å². The zero-order valence-corrected chi connectivity index (χ0v) is 20.5. The number of benzene rings is 2. The van der Waals surface area contributed by atoms with E-state index in [1.807, 2.05) is 30.0 Å². The van der Waals surface area contributed by atoms with Crippen LogP contribution in [0.1, 0.15) is 18.9 Å². The predicted molar refractivity (Wildman–Crippen MR) is 129 cm³/mol. The quantitative estimate of drug-likeness (QED) is 0.607. The van der Waals surface area contributed by atoms with E-state index in [1.54, 1.807) is 24.3 Å². The first kappa shape index (κ1) is 24.2. The highest BCUT2D eigenvalue weighted by molar-refractivity contribution is 7.92. The molecule has 174 valence electrons. The Balaban J connectivity index is 1.61. The SMILES string of the molecule is CCC(Oc1ccc(N(C)S(C)(=O)=O)cc1)C(=O)N1CCN(c2cc(Cl)ccc2C)CC1. The van der Waals surface area contributed by atoms with Gasteiger partial charge in [0.15, 0.2) is 6.10 Å². The molecule has 9 heteroatoms. The molecular formula is C23H30ClN3O4S. The van der Waals surface area contributed by atoms with Gasteiger partial charge in [0.2, 0.25) is 10.0 Å². The predicted octanol–water partition coefficient (Wildman–Crippen LogP) is 3.55. The molecule has 1 amide bonds. The van der Waals surface area contributed by atoms with Gasteiger partial charge >= 0.3 is 0 Å². The smallest absolute Gasteiger partial charge is 0.263 e. The van der Waals surface area contributed by atoms with Crippen molar-refractivity contribution in [3.63, 3.8) is 0 Å². The van der Waals surface area contributed by atoms with E-state index >= 15 is 0 Å². The number of sulfonamides is 1. The minimum absolute atomic E-state index is 0.0349. The van der Waals surface area contributed by atoms with Crippen molar-refractivity contribution in [2.45, 2.75) is 26.4 Å². The topological polar surface area (TPSA) is 70.2 Å². The number of aryl methyl sites for hydroxylation is 1. The van der Waals surface area contributed by atoms with E-state index in [0.29, 0.717) is 36.0 Å². The standard InChI is InChI=1S/C23H30ClN3O4S/c1-5-22(31-20-10-8-19(9-11-20)25(3)32(4,29)30)23(28)27-14-12-26(13-15-27)21-16-18(24)7-6-17(21)2/h6-11,16,22H,5,12-15H2,1-4H3. The van der Waals surface area contributed by atoms with Crippen LogP contribution in [-0.4, -0.2) is 64.8 Å². The second-order valence-electron chi connectivity index (χ2n) is 7.98. The molecule has 1 aliphatic heterocycles. The Kier molecular flexibility index (Phi) is 7.56. The van der Waals surface area contributed by atoms with Gasteiger partial charge in [-0.15, -0.1) is 0 Å². The highest BCUT2D eigenvalue weighted by Crippen LogP contribution is 2.26. The summed E-state index contributed by atoms with van der Waals surface area (Å²) in [4.78, 5) is 17.2. The van der Waals surface area contributed by atoms with Crippen LogP contribution in [0.25, 0.3) is 0 Å². The van der Waals surface area contributed by atoms with E-state index in [2.05, 4.69) is 11.8 Å². The molecule has 0 radical (unpaired) electrons. The number of piperazine rings is 1. The molecule has 0 N–H and O–H groups in total. The highest BCUT2D eigenvalue weighted by atomic mass is 35.5. The van der Waals surface area contributed by atoms with Crippen LogP contribution in [0.4, 0.5) is 11.4 Å². The molecule has 3 rings (SSSR count). The molecule has 1 unspecified atom stereocenters. The van der Waals surface area contributed by atoms with Crippen LogP contribution in [0.15, 0.2) is 42.5 Å². The third-order valence-electron chi connectivity index (χ3n) is 5.73. The summed E-state index contributed by atoms with van der Waals surface area (Å²) >= 11 is 6.16. The number of amides is 1. The van der Waals surface area contributed by atoms with Crippen LogP contribution >= 0.6 is 11.6 Å². The van der Waals surface area contributed by atoms with Crippen LogP contribution in [0.5, 0.6) is 5.75 Å². The van der Waals surface area contributed by atoms with Gasteiger partial charge in [-0.25, -0.2) is 8.42 Å². The average molecular weight is 480 g/mol. The van der Waals surface area contributed by atoms with Gasteiger partial charge < -0.3 is 14.5 Å². The first-order valence-corrected chi connectivity index (χ1v) is 12.8. The lowest BCUT2D eigenvalue weighted by Gasteiger charge is -2.38. The van der Waals surface area contributed by atoms with Gasteiger partial charge in [0.1, 0.15) is 5.75 Å². The van der Waals surface area contributed by atoms with Gasteiger partial charge in [0.25, 0.3) is 5.91 Å². The molecule has 1 aliphatic rings. The van der Waals surface area contributed by atoms with Crippen molar-refractivity contribution >= 4 is 38.9 Å². The molecule has 0 aliphatic carbocycles. The van der Waals surface area contributed by atoms with Crippen LogP contribution in [-0.2, 0) is 14.8 Å². The minimum Gasteiger partial charge on any atom is -0.481 e. The second-order valence-corrected chi connectivity index (χ2v) is 10.4. The van der Waals surface area contributed by atoms with Gasteiger partial charge in [0, 0.05) is 43.9 Å². The maximum absolute atomic E-state index is 13.1. The fourth-order valence-corrected chi connectivity index (χ4v) is 4.36. The molecule has 7 nitrogen and oxygen atoms in total. The minimum atomic E-state index is -3.33. The fraction of sp³-hybridized carbons (Fsp3) is 0.435. The molecule has 1 heterocycles. The largest absolute Gasteiger partial charge is 0.481 e. The van der Waals surface area contributed by atoms with Crippen LogP contribution < -0.4 is 13.9 Å². The summed E-state index contributed by atoms with van der Waals surface area (Å²) in [5.74, 6) is 0.497. The van der Waals surface area contributed by atoms with Crippen LogP contribution in [0.2, 0.25) is 5.02 Å². The van der Waals surface area contributed by atoms with Gasteiger partial charge in [-0.2, -0.15) is 0 Å². The van der Waals surface area contributed by atoms with E-state index in [9.17, 15) is 13.2 Å². The monoisotopic (exact) mass is 479 g/mol. The molecule has 0 spiro atoms. The van der Waals surface area contributed by atoms with Crippen molar-refractivity contribution < 1.29 is 17.9 Å². The number of nitrogens with zero attached hydrogens (tertiary/aromatic N) is 3. The average Bonchev–Trinajstić information content (AvgIpc) is 2.78. The van der Waals surface area contributed by atoms with Crippen molar-refractivity contribution in [3.8, 4) is 5.75 Å². The number of anilines is 2. The molecule has 1 atom stereocenters. The molecule has 0 aromatic heterocycles. The Bertz CT molecular complexity index is 1050. The van der Waals surface area contributed by atoms with Crippen LogP contribution in [0, 0.1) is 6.92 Å². The number of carbonyl (C=O) groups is 1. The summed E-state index contributed by atoms with van der Waals surface area (Å²) in [5, 5.41) is 0.706. The number of hydrogen-bond acceptors (Lipinski definition) is 5.